The molecule has 2 rings (SSSR count). The molecule has 1 amide bonds. The minimum atomic E-state index is -4.59. The fourth-order valence-electron chi connectivity index (χ4n) is 1.54. The first-order valence-corrected chi connectivity index (χ1v) is 6.54. The van der Waals surface area contributed by atoms with Gasteiger partial charge in [0.25, 0.3) is 0 Å². The van der Waals surface area contributed by atoms with Gasteiger partial charge < -0.3 is 0 Å². The third-order valence-corrected chi connectivity index (χ3v) is 3.51. The van der Waals surface area contributed by atoms with Crippen molar-refractivity contribution in [1.29, 1.82) is 0 Å². The predicted octanol–water partition coefficient (Wildman–Crippen LogP) is 2.76. The van der Waals surface area contributed by atoms with Gasteiger partial charge in [-0.05, 0) is 15.9 Å². The molecule has 1 fully saturated rings. The molecule has 1 aromatic rings. The molecular weight excluding hydrogens is 383 g/mol. The van der Waals surface area contributed by atoms with Crippen molar-refractivity contribution in [2.45, 2.75) is 17.4 Å². The summed E-state index contributed by atoms with van der Waals surface area (Å²) in [4.78, 5) is 19.8. The SMILES string of the molecule is O=C1CC(Br)CN1c1ncc(Br)c(C(F)(F)F)n1. The van der Waals surface area contributed by atoms with Crippen LogP contribution in [0.25, 0.3) is 0 Å². The Kier molecular flexibility index (Phi) is 3.63. The van der Waals surface area contributed by atoms with Crippen LogP contribution < -0.4 is 4.90 Å². The van der Waals surface area contributed by atoms with Gasteiger partial charge in [0, 0.05) is 24.0 Å². The van der Waals surface area contributed by atoms with Crippen LogP contribution in [0, 0.1) is 0 Å². The van der Waals surface area contributed by atoms with E-state index < -0.39 is 11.9 Å². The van der Waals surface area contributed by atoms with Crippen molar-refractivity contribution >= 4 is 43.7 Å². The number of carbonyl (C=O) groups excluding carboxylic acids is 1. The molecular formula is C9H6Br2F3N3O. The van der Waals surface area contributed by atoms with Crippen molar-refractivity contribution in [1.82, 2.24) is 9.97 Å². The Morgan fingerprint density at radius 2 is 2.11 bits per heavy atom. The summed E-state index contributed by atoms with van der Waals surface area (Å²) in [6.45, 7) is 0.262. The second kappa shape index (κ2) is 4.76. The molecule has 0 spiro atoms. The molecule has 0 radical (unpaired) electrons. The maximum absolute atomic E-state index is 12.7. The molecule has 2 heterocycles. The summed E-state index contributed by atoms with van der Waals surface area (Å²) >= 11 is 5.98. The molecule has 9 heteroatoms. The zero-order valence-corrected chi connectivity index (χ0v) is 11.9. The van der Waals surface area contributed by atoms with E-state index in [4.69, 9.17) is 0 Å². The van der Waals surface area contributed by atoms with Crippen LogP contribution >= 0.6 is 31.9 Å². The number of alkyl halides is 4. The smallest absolute Gasteiger partial charge is 0.280 e. The topological polar surface area (TPSA) is 46.1 Å². The van der Waals surface area contributed by atoms with Gasteiger partial charge in [0.2, 0.25) is 11.9 Å². The van der Waals surface area contributed by atoms with Crippen molar-refractivity contribution in [3.8, 4) is 0 Å². The van der Waals surface area contributed by atoms with Gasteiger partial charge in [0.1, 0.15) is 0 Å². The molecule has 0 saturated carbocycles. The number of anilines is 1. The molecule has 1 aliphatic heterocycles. The van der Waals surface area contributed by atoms with Crippen LogP contribution in [0.4, 0.5) is 19.1 Å². The molecule has 0 bridgehead atoms. The Labute approximate surface area is 117 Å². The van der Waals surface area contributed by atoms with Gasteiger partial charge in [-0.2, -0.15) is 13.2 Å². The zero-order chi connectivity index (χ0) is 13.5. The monoisotopic (exact) mass is 387 g/mol. The average molecular weight is 389 g/mol. The summed E-state index contributed by atoms with van der Waals surface area (Å²) < 4.78 is 37.7. The molecule has 98 valence electrons. The highest BCUT2D eigenvalue weighted by molar-refractivity contribution is 9.10. The van der Waals surface area contributed by atoms with E-state index in [1.165, 1.54) is 0 Å². The number of rotatable bonds is 1. The van der Waals surface area contributed by atoms with Crippen molar-refractivity contribution in [3.63, 3.8) is 0 Å². The van der Waals surface area contributed by atoms with Crippen LogP contribution in [0.1, 0.15) is 12.1 Å². The van der Waals surface area contributed by atoms with Gasteiger partial charge in [-0.3, -0.25) is 9.69 Å². The third-order valence-electron chi connectivity index (χ3n) is 2.32. The molecule has 4 nitrogen and oxygen atoms in total. The lowest BCUT2D eigenvalue weighted by Gasteiger charge is -2.15. The molecule has 0 aliphatic carbocycles. The first kappa shape index (κ1) is 13.7. The Morgan fingerprint density at radius 3 is 2.61 bits per heavy atom. The molecule has 0 aromatic carbocycles. The third kappa shape index (κ3) is 2.66. The number of hydrogen-bond donors (Lipinski definition) is 0. The van der Waals surface area contributed by atoms with E-state index >= 15 is 0 Å². The molecule has 1 aliphatic rings. The molecule has 18 heavy (non-hydrogen) atoms. The fourth-order valence-corrected chi connectivity index (χ4v) is 2.53. The lowest BCUT2D eigenvalue weighted by Crippen LogP contribution is -2.27. The Bertz CT molecular complexity index is 494. The standard InChI is InChI=1S/C9H6Br2F3N3O/c10-4-1-6(18)17(3-4)8-15-2-5(11)7(16-8)9(12,13)14/h2,4H,1,3H2. The minimum absolute atomic E-state index is 0.0911. The quantitative estimate of drug-likeness (QED) is 0.695. The summed E-state index contributed by atoms with van der Waals surface area (Å²) in [6, 6.07) is 0. The predicted molar refractivity (Wildman–Crippen MR) is 64.4 cm³/mol. The maximum atomic E-state index is 12.7. The molecule has 1 saturated heterocycles. The van der Waals surface area contributed by atoms with Gasteiger partial charge >= 0.3 is 6.18 Å². The highest BCUT2D eigenvalue weighted by Gasteiger charge is 2.37. The summed E-state index contributed by atoms with van der Waals surface area (Å²) in [7, 11) is 0. The van der Waals surface area contributed by atoms with Gasteiger partial charge in [-0.1, -0.05) is 15.9 Å². The number of carbonyl (C=O) groups is 1. The van der Waals surface area contributed by atoms with Crippen molar-refractivity contribution in [2.75, 3.05) is 11.4 Å². The number of nitrogens with zero attached hydrogens (tertiary/aromatic N) is 3. The molecule has 1 aromatic heterocycles. The van der Waals surface area contributed by atoms with Crippen LogP contribution in [0.2, 0.25) is 0 Å². The lowest BCUT2D eigenvalue weighted by molar-refractivity contribution is -0.141. The summed E-state index contributed by atoms with van der Waals surface area (Å²) in [5.74, 6) is -0.523. The fraction of sp³-hybridized carbons (Fsp3) is 0.444. The van der Waals surface area contributed by atoms with Crippen LogP contribution in [0.15, 0.2) is 10.7 Å². The van der Waals surface area contributed by atoms with Gasteiger partial charge in [0.15, 0.2) is 5.69 Å². The first-order chi connectivity index (χ1) is 8.29. The van der Waals surface area contributed by atoms with E-state index in [-0.39, 0.29) is 34.1 Å². The van der Waals surface area contributed by atoms with Gasteiger partial charge in [0.05, 0.1) is 4.47 Å². The largest absolute Gasteiger partial charge is 0.434 e. The van der Waals surface area contributed by atoms with Gasteiger partial charge in [-0.25, -0.2) is 9.97 Å². The molecule has 1 unspecified atom stereocenters. The van der Waals surface area contributed by atoms with Gasteiger partial charge in [-0.15, -0.1) is 0 Å². The first-order valence-electron chi connectivity index (χ1n) is 4.83. The zero-order valence-electron chi connectivity index (χ0n) is 8.71. The number of aromatic nitrogens is 2. The van der Waals surface area contributed by atoms with E-state index in [2.05, 4.69) is 41.8 Å². The van der Waals surface area contributed by atoms with Crippen molar-refractivity contribution in [3.05, 3.63) is 16.4 Å². The molecule has 1 atom stereocenters. The van der Waals surface area contributed by atoms with Crippen molar-refractivity contribution in [2.24, 2.45) is 0 Å². The number of halogens is 5. The summed E-state index contributed by atoms with van der Waals surface area (Å²) in [5, 5.41) is 0. The van der Waals surface area contributed by atoms with Crippen LogP contribution in [0.3, 0.4) is 0 Å². The number of hydrogen-bond acceptors (Lipinski definition) is 3. The van der Waals surface area contributed by atoms with E-state index in [1.54, 1.807) is 0 Å². The molecule has 0 N–H and O–H groups in total. The second-order valence-corrected chi connectivity index (χ2v) is 5.82. The number of amides is 1. The van der Waals surface area contributed by atoms with E-state index in [1.807, 2.05) is 0 Å². The highest BCUT2D eigenvalue weighted by Crippen LogP contribution is 2.34. The Hall–Kier alpha value is -0.700. The normalized spacial score (nSPS) is 20.6. The van der Waals surface area contributed by atoms with Crippen LogP contribution in [-0.4, -0.2) is 27.2 Å². The second-order valence-electron chi connectivity index (χ2n) is 3.67. The Morgan fingerprint density at radius 1 is 1.44 bits per heavy atom. The van der Waals surface area contributed by atoms with Crippen LogP contribution in [0.5, 0.6) is 0 Å². The summed E-state index contributed by atoms with van der Waals surface area (Å²) in [6.07, 6.45) is -3.37. The highest BCUT2D eigenvalue weighted by atomic mass is 79.9. The van der Waals surface area contributed by atoms with E-state index in [0.717, 1.165) is 11.1 Å². The minimum Gasteiger partial charge on any atom is -0.280 e. The van der Waals surface area contributed by atoms with Crippen molar-refractivity contribution < 1.29 is 18.0 Å². The van der Waals surface area contributed by atoms with E-state index in [0.29, 0.717) is 0 Å². The summed E-state index contributed by atoms with van der Waals surface area (Å²) in [5.41, 5.74) is -1.08. The maximum Gasteiger partial charge on any atom is 0.434 e. The lowest BCUT2D eigenvalue weighted by atomic mass is 10.4. The van der Waals surface area contributed by atoms with Crippen LogP contribution in [-0.2, 0) is 11.0 Å². The Balaban J connectivity index is 2.39. The van der Waals surface area contributed by atoms with E-state index in [9.17, 15) is 18.0 Å². The average Bonchev–Trinajstić information content (AvgIpc) is 2.57.